The zero-order valence-electron chi connectivity index (χ0n) is 8.08. The Morgan fingerprint density at radius 1 is 1.57 bits per heavy atom. The number of fused-ring (bicyclic) bond motifs is 1. The maximum Gasteiger partial charge on any atom is 0.336 e. The van der Waals surface area contributed by atoms with Gasteiger partial charge in [-0.3, -0.25) is 0 Å². The first kappa shape index (κ1) is 9.21. The molecule has 1 atom stereocenters. The number of carboxylic acids is 1. The maximum absolute atomic E-state index is 10.9. The maximum atomic E-state index is 10.9. The van der Waals surface area contributed by atoms with Crippen LogP contribution in [0.1, 0.15) is 28.4 Å². The smallest absolute Gasteiger partial charge is 0.336 e. The van der Waals surface area contributed by atoms with E-state index >= 15 is 0 Å². The molecule has 0 amide bonds. The molecular formula is C11H13NO2. The van der Waals surface area contributed by atoms with Crippen LogP contribution in [-0.2, 0) is 13.0 Å². The number of hydrogen-bond donors (Lipinski definition) is 2. The molecule has 1 aliphatic heterocycles. The molecule has 0 aromatic heterocycles. The number of aromatic carboxylic acids is 1. The van der Waals surface area contributed by atoms with Crippen molar-refractivity contribution in [2.75, 3.05) is 0 Å². The minimum Gasteiger partial charge on any atom is -0.478 e. The molecule has 1 aliphatic rings. The second kappa shape index (κ2) is 3.42. The van der Waals surface area contributed by atoms with Gasteiger partial charge in [-0.15, -0.1) is 0 Å². The molecule has 1 heterocycles. The molecule has 2 N–H and O–H groups in total. The summed E-state index contributed by atoms with van der Waals surface area (Å²) in [6, 6.07) is 5.93. The van der Waals surface area contributed by atoms with Gasteiger partial charge in [-0.2, -0.15) is 0 Å². The summed E-state index contributed by atoms with van der Waals surface area (Å²) >= 11 is 0. The van der Waals surface area contributed by atoms with Crippen molar-refractivity contribution in [1.82, 2.24) is 5.32 Å². The summed E-state index contributed by atoms with van der Waals surface area (Å²) in [6.07, 6.45) is 0.913. The number of benzene rings is 1. The molecule has 0 spiro atoms. The van der Waals surface area contributed by atoms with Gasteiger partial charge in [0.2, 0.25) is 0 Å². The van der Waals surface area contributed by atoms with Crippen LogP contribution in [0, 0.1) is 0 Å². The lowest BCUT2D eigenvalue weighted by atomic mass is 9.93. The lowest BCUT2D eigenvalue weighted by molar-refractivity contribution is 0.0695. The van der Waals surface area contributed by atoms with Gasteiger partial charge in [0.25, 0.3) is 0 Å². The van der Waals surface area contributed by atoms with Crippen LogP contribution >= 0.6 is 0 Å². The average molecular weight is 191 g/mol. The largest absolute Gasteiger partial charge is 0.478 e. The van der Waals surface area contributed by atoms with Gasteiger partial charge in [-0.25, -0.2) is 4.79 Å². The Kier molecular flexibility index (Phi) is 2.25. The van der Waals surface area contributed by atoms with E-state index in [1.54, 1.807) is 6.07 Å². The van der Waals surface area contributed by atoms with Gasteiger partial charge in [0.15, 0.2) is 0 Å². The summed E-state index contributed by atoms with van der Waals surface area (Å²) in [4.78, 5) is 10.9. The van der Waals surface area contributed by atoms with Crippen molar-refractivity contribution in [2.24, 2.45) is 0 Å². The molecule has 1 aromatic carbocycles. The second-order valence-corrected chi connectivity index (χ2v) is 3.73. The van der Waals surface area contributed by atoms with E-state index in [1.807, 2.05) is 12.1 Å². The topological polar surface area (TPSA) is 49.3 Å². The van der Waals surface area contributed by atoms with Crippen LogP contribution in [0.15, 0.2) is 18.2 Å². The van der Waals surface area contributed by atoms with Crippen LogP contribution in [-0.4, -0.2) is 17.1 Å². The van der Waals surface area contributed by atoms with Crippen LogP contribution in [0.3, 0.4) is 0 Å². The first-order chi connectivity index (χ1) is 6.68. The molecule has 74 valence electrons. The molecule has 1 aromatic rings. The Morgan fingerprint density at radius 3 is 3.07 bits per heavy atom. The zero-order valence-corrected chi connectivity index (χ0v) is 8.08. The highest BCUT2D eigenvalue weighted by Gasteiger charge is 2.19. The fourth-order valence-corrected chi connectivity index (χ4v) is 1.91. The highest BCUT2D eigenvalue weighted by atomic mass is 16.4. The Morgan fingerprint density at radius 2 is 2.36 bits per heavy atom. The van der Waals surface area contributed by atoms with Gasteiger partial charge in [0, 0.05) is 12.6 Å². The SMILES string of the molecule is C[C@@H]1Cc2cccc(C(=O)O)c2CN1. The Labute approximate surface area is 82.8 Å². The molecule has 2 rings (SSSR count). The monoisotopic (exact) mass is 191 g/mol. The Bertz CT molecular complexity index is 374. The van der Waals surface area contributed by atoms with Crippen LogP contribution in [0.4, 0.5) is 0 Å². The van der Waals surface area contributed by atoms with Crippen molar-refractivity contribution >= 4 is 5.97 Å². The van der Waals surface area contributed by atoms with Crippen LogP contribution in [0.2, 0.25) is 0 Å². The Hall–Kier alpha value is -1.35. The third-order valence-corrected chi connectivity index (χ3v) is 2.66. The molecule has 0 saturated carbocycles. The highest BCUT2D eigenvalue weighted by Crippen LogP contribution is 2.20. The van der Waals surface area contributed by atoms with Crippen LogP contribution in [0.25, 0.3) is 0 Å². The summed E-state index contributed by atoms with van der Waals surface area (Å²) < 4.78 is 0. The molecule has 0 bridgehead atoms. The average Bonchev–Trinajstić information content (AvgIpc) is 2.16. The molecule has 0 saturated heterocycles. The quantitative estimate of drug-likeness (QED) is 0.705. The molecule has 0 aliphatic carbocycles. The van der Waals surface area contributed by atoms with E-state index in [2.05, 4.69) is 12.2 Å². The lowest BCUT2D eigenvalue weighted by Gasteiger charge is -2.24. The van der Waals surface area contributed by atoms with E-state index in [4.69, 9.17) is 5.11 Å². The van der Waals surface area contributed by atoms with Crippen LogP contribution < -0.4 is 5.32 Å². The minimum absolute atomic E-state index is 0.432. The van der Waals surface area contributed by atoms with Crippen LogP contribution in [0.5, 0.6) is 0 Å². The van der Waals surface area contributed by atoms with Gasteiger partial charge >= 0.3 is 5.97 Å². The third-order valence-electron chi connectivity index (χ3n) is 2.66. The number of rotatable bonds is 1. The molecule has 0 radical (unpaired) electrons. The highest BCUT2D eigenvalue weighted by molar-refractivity contribution is 5.89. The predicted molar refractivity (Wildman–Crippen MR) is 53.4 cm³/mol. The fraction of sp³-hybridized carbons (Fsp3) is 0.364. The van der Waals surface area contributed by atoms with E-state index in [-0.39, 0.29) is 0 Å². The van der Waals surface area contributed by atoms with Crippen molar-refractivity contribution in [3.63, 3.8) is 0 Å². The number of nitrogens with one attached hydrogen (secondary N) is 1. The molecule has 0 fully saturated rings. The van der Waals surface area contributed by atoms with E-state index < -0.39 is 5.97 Å². The van der Waals surface area contributed by atoms with E-state index in [0.717, 1.165) is 17.5 Å². The van der Waals surface area contributed by atoms with Gasteiger partial charge in [0.1, 0.15) is 0 Å². The van der Waals surface area contributed by atoms with E-state index in [9.17, 15) is 4.79 Å². The van der Waals surface area contributed by atoms with Gasteiger partial charge in [0.05, 0.1) is 5.56 Å². The van der Waals surface area contributed by atoms with Crippen molar-refractivity contribution in [3.8, 4) is 0 Å². The third kappa shape index (κ3) is 1.51. The molecular weight excluding hydrogens is 178 g/mol. The zero-order chi connectivity index (χ0) is 10.1. The lowest BCUT2D eigenvalue weighted by Crippen LogP contribution is -2.33. The second-order valence-electron chi connectivity index (χ2n) is 3.73. The number of carboxylic acid groups (broad SMARTS) is 1. The normalized spacial score (nSPS) is 20.2. The summed E-state index contributed by atoms with van der Waals surface area (Å²) in [5.74, 6) is -0.835. The predicted octanol–water partition coefficient (Wildman–Crippen LogP) is 1.42. The summed E-state index contributed by atoms with van der Waals surface area (Å²) in [7, 11) is 0. The van der Waals surface area contributed by atoms with Crippen molar-refractivity contribution < 1.29 is 9.90 Å². The number of hydrogen-bond acceptors (Lipinski definition) is 2. The molecule has 14 heavy (non-hydrogen) atoms. The molecule has 3 nitrogen and oxygen atoms in total. The van der Waals surface area contributed by atoms with E-state index in [0.29, 0.717) is 18.2 Å². The van der Waals surface area contributed by atoms with Crippen molar-refractivity contribution in [2.45, 2.75) is 25.9 Å². The molecule has 3 heteroatoms. The van der Waals surface area contributed by atoms with Gasteiger partial charge in [-0.1, -0.05) is 12.1 Å². The summed E-state index contributed by atoms with van der Waals surface area (Å²) in [5.41, 5.74) is 2.54. The van der Waals surface area contributed by atoms with E-state index in [1.165, 1.54) is 0 Å². The summed E-state index contributed by atoms with van der Waals surface area (Å²) in [6.45, 7) is 2.77. The van der Waals surface area contributed by atoms with Gasteiger partial charge < -0.3 is 10.4 Å². The minimum atomic E-state index is -0.835. The standard InChI is InChI=1S/C11H13NO2/c1-7-5-8-3-2-4-9(11(13)14)10(8)6-12-7/h2-4,7,12H,5-6H2,1H3,(H,13,14)/t7-/m1/s1. The van der Waals surface area contributed by atoms with Gasteiger partial charge in [-0.05, 0) is 30.5 Å². The first-order valence-electron chi connectivity index (χ1n) is 4.76. The fourth-order valence-electron chi connectivity index (χ4n) is 1.91. The van der Waals surface area contributed by atoms with Crippen molar-refractivity contribution in [3.05, 3.63) is 34.9 Å². The van der Waals surface area contributed by atoms with Crippen molar-refractivity contribution in [1.29, 1.82) is 0 Å². The number of carbonyl (C=O) groups is 1. The Balaban J connectivity index is 2.46. The first-order valence-corrected chi connectivity index (χ1v) is 4.76. The summed E-state index contributed by atoms with van der Waals surface area (Å²) in [5, 5.41) is 12.2. The molecule has 0 unspecified atom stereocenters.